The largest absolute Gasteiger partial charge is 0.481 e. The van der Waals surface area contributed by atoms with E-state index in [1.807, 2.05) is 91.0 Å². The zero-order valence-corrected chi connectivity index (χ0v) is 63.6. The average Bonchev–Trinajstić information content (AvgIpc) is 1.62. The predicted molar refractivity (Wildman–Crippen MR) is 406 cm³/mol. The zero-order chi connectivity index (χ0) is 80.2. The number of carboxylic acids is 3. The minimum Gasteiger partial charge on any atom is -0.481 e. The molecule has 8 fully saturated rings. The van der Waals surface area contributed by atoms with Crippen LogP contribution in [-0.4, -0.2) is 180 Å². The first-order chi connectivity index (χ1) is 55.8. The first-order valence-electron chi connectivity index (χ1n) is 37.4. The molecule has 6 aliphatic heterocycles. The molecular weight excluding hydrogens is 1540 g/mol. The van der Waals surface area contributed by atoms with E-state index in [0.29, 0.717) is 35.9 Å². The van der Waals surface area contributed by atoms with Crippen molar-refractivity contribution < 1.29 is 101 Å². The Labute approximate surface area is 663 Å². The number of aliphatic carboxylic acids is 1. The third-order valence-electron chi connectivity index (χ3n) is 20.0. The van der Waals surface area contributed by atoms with Crippen molar-refractivity contribution in [1.82, 2.24) is 44.6 Å². The van der Waals surface area contributed by atoms with Crippen LogP contribution in [0.25, 0.3) is 0 Å². The number of amides is 6. The van der Waals surface area contributed by atoms with Gasteiger partial charge in [-0.15, -0.1) is 22.7 Å². The molecule has 0 spiro atoms. The molecule has 115 heavy (non-hydrogen) atoms. The molecule has 36 nitrogen and oxygen atoms in total. The van der Waals surface area contributed by atoms with Crippen molar-refractivity contribution >= 4 is 76.1 Å². The Balaban J connectivity index is 0.000000142. The fourth-order valence-electron chi connectivity index (χ4n) is 14.3. The maximum Gasteiger partial charge on any atom is 0.351 e. The van der Waals surface area contributed by atoms with Gasteiger partial charge in [-0.1, -0.05) is 97.4 Å². The van der Waals surface area contributed by atoms with Crippen molar-refractivity contribution in [3.8, 4) is 0 Å². The maximum absolute atomic E-state index is 13.0. The highest BCUT2D eigenvalue weighted by Gasteiger charge is 2.57. The number of nitrogens with zero attached hydrogens (tertiary/aromatic N) is 6. The summed E-state index contributed by atoms with van der Waals surface area (Å²) in [6.07, 6.45) is -1.15. The smallest absolute Gasteiger partial charge is 0.351 e. The third-order valence-corrected chi connectivity index (χ3v) is 21.7. The summed E-state index contributed by atoms with van der Waals surface area (Å²) >= 11 is 2.59. The van der Waals surface area contributed by atoms with E-state index in [-0.39, 0.29) is 73.6 Å². The monoisotopic (exact) mass is 1620 g/mol. The van der Waals surface area contributed by atoms with E-state index < -0.39 is 151 Å². The predicted octanol–water partition coefficient (Wildman–Crippen LogP) is 7.91. The average molecular weight is 1630 g/mol. The molecule has 3 aromatic carbocycles. The Hall–Kier alpha value is -10.6. The van der Waals surface area contributed by atoms with Crippen LogP contribution in [0.4, 0.5) is 31.8 Å². The highest BCUT2D eigenvalue weighted by molar-refractivity contribution is 7.10. The summed E-state index contributed by atoms with van der Waals surface area (Å²) in [4.78, 5) is 122. The number of aromatic nitrogens is 6. The van der Waals surface area contributed by atoms with Gasteiger partial charge < -0.3 is 88.1 Å². The van der Waals surface area contributed by atoms with E-state index in [1.165, 1.54) is 85.3 Å². The van der Waals surface area contributed by atoms with Crippen LogP contribution >= 0.6 is 22.7 Å². The maximum atomic E-state index is 13.0. The minimum atomic E-state index is -1.02. The fourth-order valence-corrected chi connectivity index (χ4v) is 15.9. The topological polar surface area (TPSA) is 451 Å². The van der Waals surface area contributed by atoms with Gasteiger partial charge in [0.05, 0.1) is 56.7 Å². The molecule has 2 saturated carbocycles. The Kier molecular flexibility index (Phi) is 26.3. The van der Waals surface area contributed by atoms with Crippen LogP contribution in [0.5, 0.6) is 0 Å². The van der Waals surface area contributed by atoms with Gasteiger partial charge in [-0.2, -0.15) is 15.0 Å². The van der Waals surface area contributed by atoms with Gasteiger partial charge in [-0.3, -0.25) is 34.4 Å². The van der Waals surface area contributed by atoms with E-state index in [0.717, 1.165) is 42.4 Å². The number of aromatic carboxylic acids is 2. The molecule has 0 radical (unpaired) electrons. The summed E-state index contributed by atoms with van der Waals surface area (Å²) in [5, 5.41) is 47.1. The Morgan fingerprint density at radius 1 is 0.443 bits per heavy atom. The number of carbonyl (C=O) groups is 6. The van der Waals surface area contributed by atoms with Crippen molar-refractivity contribution in [2.45, 2.75) is 158 Å². The molecule has 0 bridgehead atoms. The minimum absolute atomic E-state index is 0.0462. The van der Waals surface area contributed by atoms with Gasteiger partial charge >= 0.3 is 53.1 Å². The Bertz CT molecular complexity index is 4900. The summed E-state index contributed by atoms with van der Waals surface area (Å²) in [6.45, 7) is 5.23. The van der Waals surface area contributed by atoms with Crippen molar-refractivity contribution in [3.63, 3.8) is 0 Å². The number of thiophene rings is 2. The lowest BCUT2D eigenvalue weighted by Gasteiger charge is -2.22. The number of carbonyl (C=O) groups excluding carboxylic acids is 3. The molecule has 11 heterocycles. The normalized spacial score (nSPS) is 26.7. The molecule has 16 rings (SSSR count). The van der Waals surface area contributed by atoms with Crippen LogP contribution in [0.3, 0.4) is 0 Å². The SMILES string of the molecule is CCNC(=O)Nc1ccn([C@@H]2O[C@H](COCC3CCCC3C(=O)O)C3O[C@H](c4ccccc4)O[C@@H]32)c(=O)n1.CCNC(=O)Nc1ccn([C@@H]2O[C@H](COCc3sccc3C(=O)O)C3O[C@H](c4ccccc4)O[C@@H]32)c(=O)n1.O=C(Nc1ccn([C@@H]2O[C@H](COCc3sccc3C(=O)O)C3O[C@H](c4ccccc4)O[C@@H]32)c(=O)n1)NC1CC1. The molecule has 6 amide bonds. The van der Waals surface area contributed by atoms with E-state index in [4.69, 9.17) is 56.8 Å². The summed E-state index contributed by atoms with van der Waals surface area (Å²) in [6, 6.07) is 34.7. The highest BCUT2D eigenvalue weighted by atomic mass is 32.1. The van der Waals surface area contributed by atoms with Gasteiger partial charge in [-0.25, -0.2) is 38.4 Å². The lowest BCUT2D eigenvalue weighted by atomic mass is 9.97. The fraction of sp³-hybridized carbons (Fsp3) is 0.429. The molecule has 8 aliphatic rings. The molecule has 2 aliphatic carbocycles. The van der Waals surface area contributed by atoms with Gasteiger partial charge in [0.2, 0.25) is 0 Å². The number of fused-ring (bicyclic) bond motifs is 3. The molecule has 17 atom stereocenters. The molecule has 5 aromatic heterocycles. The van der Waals surface area contributed by atoms with Gasteiger partial charge in [0, 0.05) is 64.2 Å². The summed E-state index contributed by atoms with van der Waals surface area (Å²) in [5.41, 5.74) is 0.987. The molecule has 8 aromatic rings. The van der Waals surface area contributed by atoms with Crippen LogP contribution in [0, 0.1) is 11.8 Å². The van der Waals surface area contributed by atoms with Gasteiger partial charge in [0.1, 0.15) is 72.4 Å². The summed E-state index contributed by atoms with van der Waals surface area (Å²) < 4.78 is 77.4. The lowest BCUT2D eigenvalue weighted by Crippen LogP contribution is -2.35. The van der Waals surface area contributed by atoms with Crippen molar-refractivity contribution in [2.24, 2.45) is 11.8 Å². The summed E-state index contributed by atoms with van der Waals surface area (Å²) in [5.74, 6) is -2.93. The molecule has 38 heteroatoms. The molecule has 608 valence electrons. The number of urea groups is 3. The van der Waals surface area contributed by atoms with E-state index in [1.54, 1.807) is 24.6 Å². The number of nitrogens with one attached hydrogen (secondary N) is 6. The van der Waals surface area contributed by atoms with Crippen LogP contribution in [0.1, 0.15) is 131 Å². The van der Waals surface area contributed by atoms with Crippen LogP contribution in [0.2, 0.25) is 0 Å². The van der Waals surface area contributed by atoms with Crippen LogP contribution in [0.15, 0.2) is 165 Å². The first-order valence-corrected chi connectivity index (χ1v) is 39.1. The second-order valence-electron chi connectivity index (χ2n) is 27.7. The van der Waals surface area contributed by atoms with Gasteiger partial charge in [0.15, 0.2) is 37.6 Å². The van der Waals surface area contributed by atoms with E-state index in [2.05, 4.69) is 46.9 Å². The molecular formula is C77H84N12O24S2. The van der Waals surface area contributed by atoms with Crippen LogP contribution < -0.4 is 49.0 Å². The zero-order valence-electron chi connectivity index (χ0n) is 61.9. The number of hydrogen-bond donors (Lipinski definition) is 9. The number of carboxylic acid groups (broad SMARTS) is 3. The van der Waals surface area contributed by atoms with Crippen LogP contribution in [-0.2, 0) is 74.9 Å². The first kappa shape index (κ1) is 81.0. The molecule has 6 saturated heterocycles. The Morgan fingerprint density at radius 2 is 0.809 bits per heavy atom. The Morgan fingerprint density at radius 3 is 1.16 bits per heavy atom. The second kappa shape index (κ2) is 37.4. The van der Waals surface area contributed by atoms with Crippen molar-refractivity contribution in [1.29, 1.82) is 0 Å². The number of hydrogen-bond acceptors (Lipinski definition) is 26. The molecule has 9 N–H and O–H groups in total. The van der Waals surface area contributed by atoms with Crippen molar-refractivity contribution in [3.05, 3.63) is 220 Å². The van der Waals surface area contributed by atoms with E-state index >= 15 is 0 Å². The number of ether oxygens (including phenoxy) is 12. The summed E-state index contributed by atoms with van der Waals surface area (Å²) in [7, 11) is 0. The van der Waals surface area contributed by atoms with E-state index in [9.17, 15) is 58.5 Å². The second-order valence-corrected chi connectivity index (χ2v) is 29.7. The third kappa shape index (κ3) is 19.5. The van der Waals surface area contributed by atoms with Gasteiger partial charge in [-0.05, 0) is 86.5 Å². The standard InChI is InChI=1S/C26H26N4O8S.C26H32N4O8.C25H26N4O8S/c31-23(32)16-9-11-39-18(16)13-35-12-17-20-21(38-24(37-20)14-4-2-1-3-5-14)22(36-17)30-10-8-19(29-26(30)34)28-25(33)27-15-6-7-15;1-2-27-25(33)28-19-11-12-30(26(34)29-19)22-21-20(37-24(38-21)15-7-4-3-5-8-15)18(36-22)14-35-13-16-9-6-10-17(16)23(31)32;1-2-26-24(32)27-18-8-10-29(25(33)28-18)21-20-19(36-23(37-20)14-6-4-3-5-7-14)16(35-21)12-34-13-17-15(22(30)31)9-11-38-17/h1-5,8-11,15,17,20-22,24H,6-7,12-13H2,(H,31,32)(H2,27,28,29,33,34);3-5,7-8,11-12,16-18,20-22,24H,2,6,9-10,13-14H2,1H3,(H,31,32)(H2,27,28,29,33,34);3-11,16,19-21,23H,2,12-13H2,1H3,(H,30,31)(H2,26,27,28,32,33)/t17-,20?,21+,22-,24+;16?,17?,18-,20?,21+,22-,24+;16-,19?,20+,21-,23+/m111/s1. The van der Waals surface area contributed by atoms with Gasteiger partial charge in [0.25, 0.3) is 0 Å². The number of rotatable bonds is 27. The van der Waals surface area contributed by atoms with Crippen molar-refractivity contribution in [2.75, 3.05) is 55.5 Å². The molecule has 5 unspecified atom stereocenters. The lowest BCUT2D eigenvalue weighted by molar-refractivity contribution is -0.160. The highest BCUT2D eigenvalue weighted by Crippen LogP contribution is 2.47. The quantitative estimate of drug-likeness (QED) is 0.0236. The number of benzene rings is 3. The number of anilines is 3.